The van der Waals surface area contributed by atoms with E-state index in [4.69, 9.17) is 0 Å². The summed E-state index contributed by atoms with van der Waals surface area (Å²) >= 11 is 0. The van der Waals surface area contributed by atoms with E-state index in [9.17, 15) is 4.57 Å². The first kappa shape index (κ1) is 18.5. The Kier molecular flexibility index (Phi) is 5.55. The Balaban J connectivity index is 1.62. The van der Waals surface area contributed by atoms with Crippen molar-refractivity contribution < 1.29 is 4.57 Å². The summed E-state index contributed by atoms with van der Waals surface area (Å²) < 4.78 is 14.2. The Labute approximate surface area is 167 Å². The molecule has 0 bridgehead atoms. The van der Waals surface area contributed by atoms with E-state index in [0.29, 0.717) is 6.16 Å². The Morgan fingerprint density at radius 2 is 0.857 bits per heavy atom. The van der Waals surface area contributed by atoms with E-state index >= 15 is 0 Å². The molecule has 0 saturated carbocycles. The second-order valence-corrected chi connectivity index (χ2v) is 9.88. The van der Waals surface area contributed by atoms with Crippen LogP contribution in [0, 0.1) is 0 Å². The molecule has 2 heteroatoms. The lowest BCUT2D eigenvalue weighted by atomic mass is 10.0. The Morgan fingerprint density at radius 1 is 0.464 bits per heavy atom. The minimum Gasteiger partial charge on any atom is -0.313 e. The normalized spacial score (nSPS) is 11.3. The van der Waals surface area contributed by atoms with Gasteiger partial charge in [-0.05, 0) is 23.1 Å². The van der Waals surface area contributed by atoms with Crippen LogP contribution in [0.3, 0.4) is 0 Å². The molecule has 0 radical (unpaired) electrons. The Bertz CT molecular complexity index is 1010. The van der Waals surface area contributed by atoms with Crippen LogP contribution in [0.15, 0.2) is 115 Å². The molecular formula is C26H23OP. The molecule has 4 aromatic carbocycles. The zero-order valence-corrected chi connectivity index (χ0v) is 16.6. The molecule has 0 aliphatic heterocycles. The summed E-state index contributed by atoms with van der Waals surface area (Å²) in [7, 11) is -2.73. The SMILES string of the molecule is O=P(Cc1ccc(Cc2ccccc2)cc1)(c1ccccc1)c1ccccc1. The van der Waals surface area contributed by atoms with Crippen LogP contribution in [0.1, 0.15) is 16.7 Å². The van der Waals surface area contributed by atoms with E-state index in [1.165, 1.54) is 11.1 Å². The van der Waals surface area contributed by atoms with Crippen LogP contribution in [-0.4, -0.2) is 0 Å². The van der Waals surface area contributed by atoms with Crippen LogP contribution >= 0.6 is 7.14 Å². The summed E-state index contributed by atoms with van der Waals surface area (Å²) in [5.41, 5.74) is 3.67. The van der Waals surface area contributed by atoms with Crippen LogP contribution in [0.25, 0.3) is 0 Å². The average Bonchev–Trinajstić information content (AvgIpc) is 2.77. The fraction of sp³-hybridized carbons (Fsp3) is 0.0769. The zero-order chi connectivity index (χ0) is 19.2. The molecule has 0 spiro atoms. The third kappa shape index (κ3) is 4.16. The zero-order valence-electron chi connectivity index (χ0n) is 15.7. The molecular weight excluding hydrogens is 359 g/mol. The summed E-state index contributed by atoms with van der Waals surface area (Å²) in [6, 6.07) is 38.8. The van der Waals surface area contributed by atoms with Gasteiger partial charge in [0.2, 0.25) is 0 Å². The van der Waals surface area contributed by atoms with Gasteiger partial charge < -0.3 is 4.57 Å². The van der Waals surface area contributed by atoms with Gasteiger partial charge in [0.1, 0.15) is 7.14 Å². The maximum Gasteiger partial charge on any atom is 0.147 e. The standard InChI is InChI=1S/C26H23OP/c27-28(25-12-6-2-7-13-25,26-14-8-3-9-15-26)21-24-18-16-23(17-19-24)20-22-10-4-1-5-11-22/h1-19H,20-21H2. The van der Waals surface area contributed by atoms with E-state index in [0.717, 1.165) is 22.6 Å². The van der Waals surface area contributed by atoms with Crippen molar-refractivity contribution in [2.45, 2.75) is 12.6 Å². The van der Waals surface area contributed by atoms with Crippen molar-refractivity contribution in [2.75, 3.05) is 0 Å². The van der Waals surface area contributed by atoms with Crippen LogP contribution in [0.2, 0.25) is 0 Å². The fourth-order valence-electron chi connectivity index (χ4n) is 3.52. The highest BCUT2D eigenvalue weighted by molar-refractivity contribution is 7.78. The van der Waals surface area contributed by atoms with Gasteiger partial charge in [-0.2, -0.15) is 0 Å². The van der Waals surface area contributed by atoms with Gasteiger partial charge in [0, 0.05) is 16.8 Å². The monoisotopic (exact) mass is 382 g/mol. The lowest BCUT2D eigenvalue weighted by Gasteiger charge is -2.19. The van der Waals surface area contributed by atoms with Gasteiger partial charge in [0.05, 0.1) is 0 Å². The minimum absolute atomic E-state index is 0.534. The predicted molar refractivity (Wildman–Crippen MR) is 119 cm³/mol. The molecule has 0 fully saturated rings. The van der Waals surface area contributed by atoms with Gasteiger partial charge in [-0.25, -0.2) is 0 Å². The largest absolute Gasteiger partial charge is 0.313 e. The van der Waals surface area contributed by atoms with Gasteiger partial charge in [-0.3, -0.25) is 0 Å². The highest BCUT2D eigenvalue weighted by Crippen LogP contribution is 2.46. The van der Waals surface area contributed by atoms with E-state index in [1.807, 2.05) is 66.7 Å². The summed E-state index contributed by atoms with van der Waals surface area (Å²) in [5, 5.41) is 1.82. The van der Waals surface area contributed by atoms with Crippen molar-refractivity contribution in [1.82, 2.24) is 0 Å². The van der Waals surface area contributed by atoms with E-state index in [1.54, 1.807) is 0 Å². The van der Waals surface area contributed by atoms with Gasteiger partial charge in [-0.1, -0.05) is 115 Å². The van der Waals surface area contributed by atoms with Gasteiger partial charge >= 0.3 is 0 Å². The van der Waals surface area contributed by atoms with E-state index in [-0.39, 0.29) is 0 Å². The Hall–Kier alpha value is -2.89. The minimum atomic E-state index is -2.73. The maximum absolute atomic E-state index is 14.2. The molecule has 0 amide bonds. The molecule has 0 aromatic heterocycles. The summed E-state index contributed by atoms with van der Waals surface area (Å²) in [6.07, 6.45) is 1.45. The van der Waals surface area contributed by atoms with Crippen molar-refractivity contribution in [1.29, 1.82) is 0 Å². The number of benzene rings is 4. The highest BCUT2D eigenvalue weighted by atomic mass is 31.2. The van der Waals surface area contributed by atoms with E-state index < -0.39 is 7.14 Å². The number of hydrogen-bond donors (Lipinski definition) is 0. The van der Waals surface area contributed by atoms with Crippen LogP contribution in [0.4, 0.5) is 0 Å². The van der Waals surface area contributed by atoms with Crippen molar-refractivity contribution in [3.63, 3.8) is 0 Å². The Morgan fingerprint density at radius 3 is 1.36 bits per heavy atom. The van der Waals surface area contributed by atoms with Gasteiger partial charge in [-0.15, -0.1) is 0 Å². The molecule has 0 aliphatic carbocycles. The third-order valence-corrected chi connectivity index (χ3v) is 8.10. The van der Waals surface area contributed by atoms with Crippen molar-refractivity contribution in [3.05, 3.63) is 132 Å². The molecule has 4 rings (SSSR count). The quantitative estimate of drug-likeness (QED) is 0.386. The summed E-state index contributed by atoms with van der Waals surface area (Å²) in [5.74, 6) is 0. The maximum atomic E-state index is 14.2. The summed E-state index contributed by atoms with van der Waals surface area (Å²) in [4.78, 5) is 0. The average molecular weight is 382 g/mol. The smallest absolute Gasteiger partial charge is 0.147 e. The van der Waals surface area contributed by atoms with Crippen LogP contribution in [0.5, 0.6) is 0 Å². The first-order chi connectivity index (χ1) is 13.7. The molecule has 0 heterocycles. The van der Waals surface area contributed by atoms with E-state index in [2.05, 4.69) is 48.5 Å². The van der Waals surface area contributed by atoms with Gasteiger partial charge in [0.15, 0.2) is 0 Å². The summed E-state index contributed by atoms with van der Waals surface area (Å²) in [6.45, 7) is 0. The molecule has 1 nitrogen and oxygen atoms in total. The second-order valence-electron chi connectivity index (χ2n) is 7.05. The first-order valence-corrected chi connectivity index (χ1v) is 11.5. The molecule has 0 atom stereocenters. The molecule has 28 heavy (non-hydrogen) atoms. The second kappa shape index (κ2) is 8.42. The number of rotatable bonds is 6. The lowest BCUT2D eigenvalue weighted by Crippen LogP contribution is -2.17. The molecule has 138 valence electrons. The molecule has 0 aliphatic rings. The molecule has 4 aromatic rings. The lowest BCUT2D eigenvalue weighted by molar-refractivity contribution is 0.586. The van der Waals surface area contributed by atoms with Crippen molar-refractivity contribution in [2.24, 2.45) is 0 Å². The van der Waals surface area contributed by atoms with Crippen LogP contribution in [-0.2, 0) is 17.1 Å². The van der Waals surface area contributed by atoms with Crippen molar-refractivity contribution in [3.8, 4) is 0 Å². The molecule has 0 unspecified atom stereocenters. The fourth-order valence-corrected chi connectivity index (χ4v) is 6.22. The predicted octanol–water partition coefficient (Wildman–Crippen LogP) is 5.79. The van der Waals surface area contributed by atoms with Gasteiger partial charge in [0.25, 0.3) is 0 Å². The highest BCUT2D eigenvalue weighted by Gasteiger charge is 2.27. The first-order valence-electron chi connectivity index (χ1n) is 9.56. The van der Waals surface area contributed by atoms with Crippen LogP contribution < -0.4 is 10.6 Å². The number of hydrogen-bond acceptors (Lipinski definition) is 1. The van der Waals surface area contributed by atoms with Crippen molar-refractivity contribution >= 4 is 17.8 Å². The topological polar surface area (TPSA) is 17.1 Å². The molecule has 0 saturated heterocycles. The molecule has 0 N–H and O–H groups in total. The third-order valence-electron chi connectivity index (χ3n) is 5.03.